The number of hydrogen-bond donors (Lipinski definition) is 13. The number of fused-ring (bicyclic) bond motifs is 1. The first-order valence-corrected chi connectivity index (χ1v) is 18.5. The highest BCUT2D eigenvalue weighted by Gasteiger charge is 2.57. The summed E-state index contributed by atoms with van der Waals surface area (Å²) >= 11 is 0. The summed E-state index contributed by atoms with van der Waals surface area (Å²) in [5.41, 5.74) is 0. The highest BCUT2D eigenvalue weighted by Crippen LogP contribution is 2.43. The van der Waals surface area contributed by atoms with Crippen molar-refractivity contribution < 1.29 is 99.5 Å². The van der Waals surface area contributed by atoms with E-state index in [0.717, 1.165) is 0 Å². The van der Waals surface area contributed by atoms with Crippen LogP contribution in [0.1, 0.15) is 45.4 Å². The van der Waals surface area contributed by atoms with Crippen molar-refractivity contribution in [2.24, 2.45) is 11.8 Å². The summed E-state index contributed by atoms with van der Waals surface area (Å²) in [4.78, 5) is 0. The molecule has 20 heteroatoms. The molecule has 4 saturated heterocycles. The lowest BCUT2D eigenvalue weighted by Crippen LogP contribution is -2.66. The Morgan fingerprint density at radius 2 is 1.25 bits per heavy atom. The molecule has 24 atom stereocenters. The molecular weight excluding hydrogens is 716 g/mol. The molecule has 4 heterocycles. The van der Waals surface area contributed by atoms with Gasteiger partial charge in [0.1, 0.15) is 73.2 Å². The molecule has 6 rings (SSSR count). The van der Waals surface area contributed by atoms with Crippen molar-refractivity contribution in [3.8, 4) is 0 Å². The smallest absolute Gasteiger partial charge is 0.187 e. The molecule has 20 nitrogen and oxygen atoms in total. The number of rotatable bonds is 9. The molecule has 9 unspecified atom stereocenters. The first-order valence-electron chi connectivity index (χ1n) is 18.5. The molecule has 6 fully saturated rings. The van der Waals surface area contributed by atoms with Gasteiger partial charge in [-0.15, -0.1) is 0 Å². The van der Waals surface area contributed by atoms with Crippen molar-refractivity contribution in [2.75, 3.05) is 13.2 Å². The molecule has 0 spiro atoms. The summed E-state index contributed by atoms with van der Waals surface area (Å²) in [7, 11) is 0. The number of aliphatic hydroxyl groups is 15. The molecule has 2 saturated carbocycles. The van der Waals surface area contributed by atoms with Crippen LogP contribution in [-0.2, 0) is 28.4 Å². The van der Waals surface area contributed by atoms with E-state index in [9.17, 15) is 66.4 Å². The van der Waals surface area contributed by atoms with Crippen LogP contribution < -0.4 is 0 Å². The molecule has 0 radical (unpaired) electrons. The van der Waals surface area contributed by atoms with Gasteiger partial charge in [0.05, 0.1) is 49.7 Å². The van der Waals surface area contributed by atoms with E-state index < -0.39 is 154 Å². The second-order valence-corrected chi connectivity index (χ2v) is 15.5. The molecule has 308 valence electrons. The van der Waals surface area contributed by atoms with Crippen LogP contribution >= 0.6 is 0 Å². The summed E-state index contributed by atoms with van der Waals surface area (Å²) < 4.78 is 40.3. The highest BCUT2D eigenvalue weighted by molar-refractivity contribution is 4.99. The number of ether oxygens (including phenoxy) is 7. The Morgan fingerprint density at radius 3 is 1.94 bits per heavy atom. The van der Waals surface area contributed by atoms with Crippen LogP contribution in [0.25, 0.3) is 0 Å². The van der Waals surface area contributed by atoms with Crippen LogP contribution in [-0.4, -0.2) is 219 Å². The molecule has 14 N–H and O–H groups in total. The van der Waals surface area contributed by atoms with Crippen molar-refractivity contribution in [3.05, 3.63) is 0 Å². The van der Waals surface area contributed by atoms with Crippen LogP contribution in [0.5, 0.6) is 0 Å². The Balaban J connectivity index is 1.27. The van der Waals surface area contributed by atoms with Gasteiger partial charge in [0.15, 0.2) is 31.1 Å². The Bertz CT molecular complexity index is 1170. The van der Waals surface area contributed by atoms with Gasteiger partial charge in [-0.05, 0) is 32.6 Å². The predicted molar refractivity (Wildman–Crippen MR) is 171 cm³/mol. The maximum Gasteiger partial charge on any atom is 0.187 e. The third-order valence-corrected chi connectivity index (χ3v) is 11.9. The van der Waals surface area contributed by atoms with Gasteiger partial charge in [-0.25, -0.2) is 0 Å². The molecular formula is C33H57O20+. The summed E-state index contributed by atoms with van der Waals surface area (Å²) in [6, 6.07) is 0. The van der Waals surface area contributed by atoms with Crippen LogP contribution in [0.15, 0.2) is 0 Å². The average molecular weight is 774 g/mol. The topological polar surface area (TPSA) is 331 Å². The normalized spacial score (nSPS) is 55.4. The van der Waals surface area contributed by atoms with Crippen LogP contribution in [0.3, 0.4) is 0 Å². The third kappa shape index (κ3) is 8.72. The first kappa shape index (κ1) is 41.8. The Hall–Kier alpha value is -0.800. The maximum absolute atomic E-state index is 11.5. The van der Waals surface area contributed by atoms with E-state index in [-0.39, 0.29) is 38.0 Å². The Morgan fingerprint density at radius 1 is 0.585 bits per heavy atom. The molecule has 0 amide bonds. The second-order valence-electron chi connectivity index (χ2n) is 15.5. The molecule has 2 aliphatic carbocycles. The van der Waals surface area contributed by atoms with Crippen LogP contribution in [0.2, 0.25) is 0 Å². The molecule has 0 aromatic heterocycles. The largest absolute Gasteiger partial charge is 0.427 e. The van der Waals surface area contributed by atoms with E-state index in [1.807, 2.05) is 0 Å². The van der Waals surface area contributed by atoms with Crippen molar-refractivity contribution in [3.63, 3.8) is 0 Å². The van der Waals surface area contributed by atoms with Crippen molar-refractivity contribution >= 4 is 0 Å². The standard InChI is InChI=1S/C33H56O20/c1-10-21(39)24(42)27(45)31(48-10)47-9-20-23(41)26(44)30(53-32-28(46)25(43)22(40)19(8-34)51-32)33(52-20)50-18-7-13-15(37)5-12(35)6-17(13)49-29(18)11-2-3-14(36)16(38)4-11/h10-46H,2-9H2,1H3/p+1/t10-,11?,12?,13?,14?,15?,16?,17?,18?,19-,20-,21-,22-,23-,24+,25+,26+,27+,28-,29?,30-,31+,32+,33-/m1/s1. The van der Waals surface area contributed by atoms with Gasteiger partial charge in [0.2, 0.25) is 0 Å². The number of hydrogen-bond acceptors (Lipinski definition) is 19. The summed E-state index contributed by atoms with van der Waals surface area (Å²) in [5, 5.41) is 137. The first-order chi connectivity index (χ1) is 25.1. The quantitative estimate of drug-likeness (QED) is 0.0968. The van der Waals surface area contributed by atoms with E-state index in [1.165, 1.54) is 6.92 Å². The van der Waals surface area contributed by atoms with Gasteiger partial charge in [0.25, 0.3) is 0 Å². The number of aliphatic hydroxyl groups excluding tert-OH is 13. The van der Waals surface area contributed by atoms with E-state index >= 15 is 0 Å². The van der Waals surface area contributed by atoms with Gasteiger partial charge in [-0.1, -0.05) is 0 Å². The molecule has 53 heavy (non-hydrogen) atoms. The monoisotopic (exact) mass is 773 g/mol. The second kappa shape index (κ2) is 17.4. The lowest BCUT2D eigenvalue weighted by molar-refractivity contribution is -0.390. The summed E-state index contributed by atoms with van der Waals surface area (Å²) in [5.74, 6) is -0.789. The predicted octanol–water partition coefficient (Wildman–Crippen LogP) is -6.83. The molecule has 0 bridgehead atoms. The van der Waals surface area contributed by atoms with Crippen molar-refractivity contribution in [2.45, 2.75) is 180 Å². The zero-order valence-corrected chi connectivity index (χ0v) is 29.2. The van der Waals surface area contributed by atoms with Crippen LogP contribution in [0.4, 0.5) is 0 Å². The van der Waals surface area contributed by atoms with Gasteiger partial charge < -0.3 is 99.5 Å². The Labute approximate surface area is 305 Å². The fourth-order valence-electron chi connectivity index (χ4n) is 8.65. The van der Waals surface area contributed by atoms with Gasteiger partial charge >= 0.3 is 0 Å². The molecule has 4 aliphatic heterocycles. The maximum atomic E-state index is 11.5. The minimum atomic E-state index is -1.90. The molecule has 0 aromatic rings. The van der Waals surface area contributed by atoms with Crippen molar-refractivity contribution in [1.29, 1.82) is 0 Å². The zero-order valence-electron chi connectivity index (χ0n) is 29.2. The van der Waals surface area contributed by atoms with Crippen LogP contribution in [0, 0.1) is 11.8 Å². The SMILES string of the molecule is C[C@H]1O[C@H](OC[C@H]2O[C@@H](OC3CC4C(O)CC(O)CC4[OH+]C3C3CCC(O)C(O)C3)[C@H](O[C@@H]3O[C@H](CO)[C@@H](O)[C@H](O)[C@H]3O)[C@@H](O)[C@@H]2O)[C@@H](O)[C@@H](O)[C@@H]1O. The lowest BCUT2D eigenvalue weighted by Gasteiger charge is -2.50. The minimum Gasteiger partial charge on any atom is -0.427 e. The molecule has 0 aromatic carbocycles. The summed E-state index contributed by atoms with van der Waals surface area (Å²) in [6.45, 7) is 0.111. The van der Waals surface area contributed by atoms with Crippen molar-refractivity contribution in [1.82, 2.24) is 0 Å². The summed E-state index contributed by atoms with van der Waals surface area (Å²) in [6.07, 6.45) is -28.5. The third-order valence-electron chi connectivity index (χ3n) is 11.9. The van der Waals surface area contributed by atoms with Gasteiger partial charge in [-0.2, -0.15) is 0 Å². The fraction of sp³-hybridized carbons (Fsp3) is 1.00. The van der Waals surface area contributed by atoms with Gasteiger partial charge in [0, 0.05) is 18.8 Å². The van der Waals surface area contributed by atoms with E-state index in [0.29, 0.717) is 6.42 Å². The van der Waals surface area contributed by atoms with Gasteiger partial charge in [-0.3, -0.25) is 0 Å². The zero-order chi connectivity index (χ0) is 38.5. The van der Waals surface area contributed by atoms with E-state index in [2.05, 4.69) is 0 Å². The highest BCUT2D eigenvalue weighted by atomic mass is 16.8. The minimum absolute atomic E-state index is 0.106. The molecule has 6 aliphatic rings. The fourth-order valence-corrected chi connectivity index (χ4v) is 8.65. The Kier molecular flexibility index (Phi) is 13.7. The van der Waals surface area contributed by atoms with E-state index in [4.69, 9.17) is 33.2 Å². The van der Waals surface area contributed by atoms with E-state index in [1.54, 1.807) is 0 Å². The average Bonchev–Trinajstić information content (AvgIpc) is 3.12. The lowest BCUT2D eigenvalue weighted by atomic mass is 9.72.